The van der Waals surface area contributed by atoms with Gasteiger partial charge in [0, 0.05) is 6.42 Å². The van der Waals surface area contributed by atoms with E-state index in [4.69, 9.17) is 14.5 Å². The van der Waals surface area contributed by atoms with Crippen molar-refractivity contribution in [1.29, 1.82) is 0 Å². The average Bonchev–Trinajstić information content (AvgIpc) is 2.23. The van der Waals surface area contributed by atoms with Gasteiger partial charge in [-0.3, -0.25) is 4.52 Å². The molecule has 0 aliphatic carbocycles. The molecule has 1 aliphatic rings. The minimum atomic E-state index is -4.81. The standard InChI is InChI=1S/C9H17O8P/c1-2-3-6-4-7(10)8(11)9(12,17-6)5-16-18(13,14)15/h2,6-8,10-12H,1,3-5H2,(H2,13,14,15)/t6?,7?,8?,9-/m1/s1. The van der Waals surface area contributed by atoms with E-state index in [1.54, 1.807) is 0 Å². The number of phosphoric acid groups is 1. The Hall–Kier alpha value is -0.310. The van der Waals surface area contributed by atoms with Gasteiger partial charge in [0.1, 0.15) is 12.7 Å². The average molecular weight is 284 g/mol. The third-order valence-electron chi connectivity index (χ3n) is 2.57. The maximum Gasteiger partial charge on any atom is 0.469 e. The molecule has 1 heterocycles. The lowest BCUT2D eigenvalue weighted by molar-refractivity contribution is -0.330. The van der Waals surface area contributed by atoms with E-state index in [1.807, 2.05) is 0 Å². The Morgan fingerprint density at radius 2 is 2.11 bits per heavy atom. The second-order valence-corrected chi connectivity index (χ2v) is 5.36. The molecule has 1 saturated heterocycles. The minimum absolute atomic E-state index is 0.0748. The van der Waals surface area contributed by atoms with Gasteiger partial charge in [-0.25, -0.2) is 4.57 Å². The van der Waals surface area contributed by atoms with Crippen LogP contribution in [0.15, 0.2) is 12.7 Å². The van der Waals surface area contributed by atoms with E-state index in [-0.39, 0.29) is 6.42 Å². The Bertz CT molecular complexity index is 341. The summed E-state index contributed by atoms with van der Waals surface area (Å²) < 4.78 is 19.8. The second-order valence-electron chi connectivity index (χ2n) is 4.12. The van der Waals surface area contributed by atoms with E-state index < -0.39 is 38.5 Å². The summed E-state index contributed by atoms with van der Waals surface area (Å²) in [5.74, 6) is -2.37. The van der Waals surface area contributed by atoms with Crippen LogP contribution in [0.4, 0.5) is 0 Å². The number of phosphoric ester groups is 1. The van der Waals surface area contributed by atoms with Crippen LogP contribution in [0.25, 0.3) is 0 Å². The summed E-state index contributed by atoms with van der Waals surface area (Å²) in [6, 6.07) is 0. The largest absolute Gasteiger partial charge is 0.469 e. The Labute approximate surface area is 104 Å². The monoisotopic (exact) mass is 284 g/mol. The van der Waals surface area contributed by atoms with Crippen LogP contribution in [-0.4, -0.2) is 55.8 Å². The van der Waals surface area contributed by atoms with Gasteiger partial charge in [0.05, 0.1) is 12.2 Å². The van der Waals surface area contributed by atoms with Crippen molar-refractivity contribution in [3.05, 3.63) is 12.7 Å². The van der Waals surface area contributed by atoms with Crippen LogP contribution in [0.1, 0.15) is 12.8 Å². The first-order valence-corrected chi connectivity index (χ1v) is 6.78. The quantitative estimate of drug-likeness (QED) is 0.316. The summed E-state index contributed by atoms with van der Waals surface area (Å²) in [6.07, 6.45) is -1.74. The first-order valence-electron chi connectivity index (χ1n) is 5.25. The molecule has 0 amide bonds. The molecule has 0 aromatic rings. The van der Waals surface area contributed by atoms with E-state index in [0.717, 1.165) is 0 Å². The van der Waals surface area contributed by atoms with Gasteiger partial charge in [-0.15, -0.1) is 6.58 Å². The van der Waals surface area contributed by atoms with Gasteiger partial charge < -0.3 is 29.8 Å². The van der Waals surface area contributed by atoms with E-state index in [9.17, 15) is 19.9 Å². The third kappa shape index (κ3) is 4.11. The first-order chi connectivity index (χ1) is 8.18. The highest BCUT2D eigenvalue weighted by Crippen LogP contribution is 2.39. The number of aliphatic hydroxyl groups excluding tert-OH is 2. The van der Waals surface area contributed by atoms with Gasteiger partial charge in [-0.2, -0.15) is 0 Å². The van der Waals surface area contributed by atoms with Crippen LogP contribution in [0, 0.1) is 0 Å². The molecule has 3 unspecified atom stereocenters. The Balaban J connectivity index is 2.74. The molecule has 0 saturated carbocycles. The van der Waals surface area contributed by atoms with Crippen molar-refractivity contribution in [3.8, 4) is 0 Å². The minimum Gasteiger partial charge on any atom is -0.390 e. The summed E-state index contributed by atoms with van der Waals surface area (Å²) in [4.78, 5) is 17.1. The van der Waals surface area contributed by atoms with Crippen molar-refractivity contribution < 1.29 is 38.9 Å². The van der Waals surface area contributed by atoms with Crippen molar-refractivity contribution in [3.63, 3.8) is 0 Å². The lowest BCUT2D eigenvalue weighted by Gasteiger charge is -2.42. The number of hydrogen-bond donors (Lipinski definition) is 5. The summed E-state index contributed by atoms with van der Waals surface area (Å²) in [7, 11) is -4.81. The number of ether oxygens (including phenoxy) is 1. The molecule has 106 valence electrons. The lowest BCUT2D eigenvalue weighted by atomic mass is 9.94. The van der Waals surface area contributed by atoms with Crippen LogP contribution in [-0.2, 0) is 13.8 Å². The van der Waals surface area contributed by atoms with Gasteiger partial charge in [-0.1, -0.05) is 6.08 Å². The van der Waals surface area contributed by atoms with Crippen LogP contribution >= 0.6 is 7.82 Å². The van der Waals surface area contributed by atoms with Crippen LogP contribution in [0.3, 0.4) is 0 Å². The van der Waals surface area contributed by atoms with Crippen molar-refractivity contribution >= 4 is 7.82 Å². The molecule has 8 nitrogen and oxygen atoms in total. The second kappa shape index (κ2) is 5.77. The maximum absolute atomic E-state index is 10.6. The SMILES string of the molecule is C=CCC1CC(O)C(O)[C@@](O)(COP(=O)(O)O)O1. The first kappa shape index (κ1) is 15.7. The fourth-order valence-corrected chi connectivity index (χ4v) is 2.08. The summed E-state index contributed by atoms with van der Waals surface area (Å²) in [6.45, 7) is 2.52. The highest BCUT2D eigenvalue weighted by atomic mass is 31.2. The normalized spacial score (nSPS) is 37.5. The Kier molecular flexibility index (Phi) is 5.05. The molecule has 0 aromatic carbocycles. The van der Waals surface area contributed by atoms with Crippen molar-refractivity contribution in [1.82, 2.24) is 0 Å². The number of aliphatic hydroxyl groups is 3. The van der Waals surface area contributed by atoms with E-state index >= 15 is 0 Å². The molecule has 0 bridgehead atoms. The number of rotatable bonds is 5. The fraction of sp³-hybridized carbons (Fsp3) is 0.778. The summed E-state index contributed by atoms with van der Waals surface area (Å²) in [5.41, 5.74) is 0. The van der Waals surface area contributed by atoms with Crippen LogP contribution < -0.4 is 0 Å². The zero-order valence-corrected chi connectivity index (χ0v) is 10.4. The van der Waals surface area contributed by atoms with Crippen LogP contribution in [0.2, 0.25) is 0 Å². The zero-order chi connectivity index (χ0) is 14.0. The van der Waals surface area contributed by atoms with E-state index in [0.29, 0.717) is 6.42 Å². The van der Waals surface area contributed by atoms with Crippen molar-refractivity contribution in [2.75, 3.05) is 6.61 Å². The third-order valence-corrected chi connectivity index (χ3v) is 3.04. The van der Waals surface area contributed by atoms with E-state index in [2.05, 4.69) is 11.1 Å². The summed E-state index contributed by atoms with van der Waals surface area (Å²) in [5, 5.41) is 29.1. The highest BCUT2D eigenvalue weighted by molar-refractivity contribution is 7.46. The molecule has 1 fully saturated rings. The molecule has 5 N–H and O–H groups in total. The lowest BCUT2D eigenvalue weighted by Crippen LogP contribution is -2.60. The topological polar surface area (TPSA) is 137 Å². The predicted octanol–water partition coefficient (Wildman–Crippen LogP) is -1.13. The maximum atomic E-state index is 10.6. The molecule has 18 heavy (non-hydrogen) atoms. The zero-order valence-electron chi connectivity index (χ0n) is 9.55. The molecular formula is C9H17O8P. The van der Waals surface area contributed by atoms with E-state index in [1.165, 1.54) is 6.08 Å². The highest BCUT2D eigenvalue weighted by Gasteiger charge is 2.49. The van der Waals surface area contributed by atoms with Gasteiger partial charge in [0.2, 0.25) is 5.79 Å². The number of hydrogen-bond acceptors (Lipinski definition) is 6. The van der Waals surface area contributed by atoms with Gasteiger partial charge in [0.25, 0.3) is 0 Å². The molecule has 1 rings (SSSR count). The van der Waals surface area contributed by atoms with Crippen molar-refractivity contribution in [2.45, 2.75) is 36.9 Å². The molecule has 0 aromatic heterocycles. The Morgan fingerprint density at radius 3 is 2.61 bits per heavy atom. The predicted molar refractivity (Wildman–Crippen MR) is 59.3 cm³/mol. The smallest absolute Gasteiger partial charge is 0.390 e. The molecular weight excluding hydrogens is 267 g/mol. The molecule has 1 aliphatic heterocycles. The van der Waals surface area contributed by atoms with Crippen LogP contribution in [0.5, 0.6) is 0 Å². The summed E-state index contributed by atoms with van der Waals surface area (Å²) >= 11 is 0. The molecule has 4 atom stereocenters. The Morgan fingerprint density at radius 1 is 1.50 bits per heavy atom. The van der Waals surface area contributed by atoms with Gasteiger partial charge in [0.15, 0.2) is 0 Å². The van der Waals surface area contributed by atoms with Gasteiger partial charge >= 0.3 is 7.82 Å². The van der Waals surface area contributed by atoms with Gasteiger partial charge in [-0.05, 0) is 6.42 Å². The fourth-order valence-electron chi connectivity index (χ4n) is 1.73. The molecule has 0 spiro atoms. The molecule has 0 radical (unpaired) electrons. The van der Waals surface area contributed by atoms with Crippen molar-refractivity contribution in [2.24, 2.45) is 0 Å². The molecule has 9 heteroatoms.